The second-order valence-electron chi connectivity index (χ2n) is 2.69. The van der Waals surface area contributed by atoms with Gasteiger partial charge in [0.25, 0.3) is 0 Å². The number of hydrogen-bond acceptors (Lipinski definition) is 3. The minimum Gasteiger partial charge on any atom is -0.367 e. The van der Waals surface area contributed by atoms with Crippen molar-refractivity contribution in [3.63, 3.8) is 0 Å². The van der Waals surface area contributed by atoms with Gasteiger partial charge in [0, 0.05) is 0 Å². The van der Waals surface area contributed by atoms with E-state index in [1.54, 1.807) is 0 Å². The summed E-state index contributed by atoms with van der Waals surface area (Å²) >= 11 is 0. The highest BCUT2D eigenvalue weighted by atomic mass is 32.2. The SMILES string of the molecule is CC#CC(OS(=O)(=O)C(F)(F)F)=C(C)C. The van der Waals surface area contributed by atoms with Crippen molar-refractivity contribution >= 4 is 10.1 Å². The third-order valence-electron chi connectivity index (χ3n) is 1.17. The monoisotopic (exact) mass is 242 g/mol. The molecule has 0 rings (SSSR count). The van der Waals surface area contributed by atoms with Crippen molar-refractivity contribution in [3.05, 3.63) is 11.3 Å². The summed E-state index contributed by atoms with van der Waals surface area (Å²) in [5.41, 5.74) is -5.19. The van der Waals surface area contributed by atoms with Gasteiger partial charge in [0.1, 0.15) is 0 Å². The van der Waals surface area contributed by atoms with Crippen molar-refractivity contribution in [1.82, 2.24) is 0 Å². The summed E-state index contributed by atoms with van der Waals surface area (Å²) in [7, 11) is -5.62. The van der Waals surface area contributed by atoms with Crippen LogP contribution >= 0.6 is 0 Å². The first-order valence-corrected chi connectivity index (χ1v) is 5.13. The predicted octanol–water partition coefficient (Wildman–Crippen LogP) is 2.17. The Hall–Kier alpha value is -1.16. The normalized spacial score (nSPS) is 11.3. The van der Waals surface area contributed by atoms with Gasteiger partial charge in [-0.3, -0.25) is 0 Å². The average molecular weight is 242 g/mol. The van der Waals surface area contributed by atoms with Crippen LogP contribution in [0.1, 0.15) is 20.8 Å². The van der Waals surface area contributed by atoms with Gasteiger partial charge in [-0.15, -0.1) is 0 Å². The molecule has 7 heteroatoms. The van der Waals surface area contributed by atoms with E-state index >= 15 is 0 Å². The fourth-order valence-electron chi connectivity index (χ4n) is 0.500. The Labute approximate surface area is 86.0 Å². The zero-order valence-corrected chi connectivity index (χ0v) is 9.08. The van der Waals surface area contributed by atoms with Crippen molar-refractivity contribution in [2.24, 2.45) is 0 Å². The number of allylic oxidation sites excluding steroid dienone is 2. The number of alkyl halides is 3. The van der Waals surface area contributed by atoms with Crippen LogP contribution in [0.5, 0.6) is 0 Å². The Morgan fingerprint density at radius 3 is 2.00 bits per heavy atom. The van der Waals surface area contributed by atoms with E-state index in [0.717, 1.165) is 0 Å². The van der Waals surface area contributed by atoms with E-state index in [2.05, 4.69) is 16.0 Å². The molecule has 0 fully saturated rings. The van der Waals surface area contributed by atoms with Gasteiger partial charge in [-0.05, 0) is 32.3 Å². The van der Waals surface area contributed by atoms with Gasteiger partial charge in [-0.2, -0.15) is 21.6 Å². The Kier molecular flexibility index (Phi) is 4.22. The van der Waals surface area contributed by atoms with Crippen LogP contribution in [0, 0.1) is 11.8 Å². The highest BCUT2D eigenvalue weighted by Gasteiger charge is 2.48. The molecule has 0 aromatic carbocycles. The summed E-state index contributed by atoms with van der Waals surface area (Å²) < 4.78 is 60.8. The maximum absolute atomic E-state index is 11.9. The van der Waals surface area contributed by atoms with Crippen LogP contribution in [0.2, 0.25) is 0 Å². The van der Waals surface area contributed by atoms with E-state index in [4.69, 9.17) is 0 Å². The lowest BCUT2D eigenvalue weighted by atomic mass is 10.3. The van der Waals surface area contributed by atoms with Crippen LogP contribution < -0.4 is 0 Å². The predicted molar refractivity (Wildman–Crippen MR) is 47.9 cm³/mol. The molecule has 86 valence electrons. The molecule has 0 aliphatic rings. The van der Waals surface area contributed by atoms with E-state index < -0.39 is 21.4 Å². The van der Waals surface area contributed by atoms with E-state index in [1.807, 2.05) is 0 Å². The van der Waals surface area contributed by atoms with Crippen molar-refractivity contribution in [2.75, 3.05) is 0 Å². The standard InChI is InChI=1S/C8H9F3O3S/c1-4-5-7(6(2)3)14-15(12,13)8(9,10)11/h1-3H3. The van der Waals surface area contributed by atoms with Crippen LogP contribution in [0.3, 0.4) is 0 Å². The second kappa shape index (κ2) is 4.57. The summed E-state index contributed by atoms with van der Waals surface area (Å²) in [5, 5.41) is 0. The topological polar surface area (TPSA) is 43.4 Å². The Morgan fingerprint density at radius 1 is 1.27 bits per heavy atom. The third-order valence-corrected chi connectivity index (χ3v) is 2.12. The molecule has 0 saturated carbocycles. The fourth-order valence-corrected chi connectivity index (χ4v) is 1.02. The first kappa shape index (κ1) is 13.8. The van der Waals surface area contributed by atoms with Crippen molar-refractivity contribution < 1.29 is 25.8 Å². The van der Waals surface area contributed by atoms with Gasteiger partial charge < -0.3 is 4.18 Å². The number of hydrogen-bond donors (Lipinski definition) is 0. The van der Waals surface area contributed by atoms with E-state index in [-0.39, 0.29) is 5.57 Å². The first-order valence-electron chi connectivity index (χ1n) is 3.73. The van der Waals surface area contributed by atoms with Gasteiger partial charge >= 0.3 is 15.6 Å². The summed E-state index contributed by atoms with van der Waals surface area (Å²) in [4.78, 5) is 0. The molecule has 0 N–H and O–H groups in total. The zero-order chi connectivity index (χ0) is 12.3. The number of rotatable bonds is 2. The highest BCUT2D eigenvalue weighted by molar-refractivity contribution is 7.87. The lowest BCUT2D eigenvalue weighted by Gasteiger charge is -2.09. The quantitative estimate of drug-likeness (QED) is 0.322. The van der Waals surface area contributed by atoms with Crippen LogP contribution in [0.15, 0.2) is 11.3 Å². The fraction of sp³-hybridized carbons (Fsp3) is 0.500. The second-order valence-corrected chi connectivity index (χ2v) is 4.23. The van der Waals surface area contributed by atoms with Gasteiger partial charge in [0.05, 0.1) is 0 Å². The Bertz CT molecular complexity index is 416. The summed E-state index contributed by atoms with van der Waals surface area (Å²) in [6.07, 6.45) is 0. The molecule has 0 amide bonds. The third kappa shape index (κ3) is 3.83. The van der Waals surface area contributed by atoms with Crippen molar-refractivity contribution in [2.45, 2.75) is 26.3 Å². The molecule has 3 nitrogen and oxygen atoms in total. The molecule has 0 aliphatic carbocycles. The molecular weight excluding hydrogens is 233 g/mol. The van der Waals surface area contributed by atoms with Gasteiger partial charge in [0.2, 0.25) is 0 Å². The van der Waals surface area contributed by atoms with Crippen LogP contribution in [-0.2, 0) is 14.3 Å². The number of halogens is 3. The van der Waals surface area contributed by atoms with Crippen LogP contribution in [-0.4, -0.2) is 13.9 Å². The molecule has 0 bridgehead atoms. The van der Waals surface area contributed by atoms with Crippen molar-refractivity contribution in [1.29, 1.82) is 0 Å². The molecule has 0 unspecified atom stereocenters. The minimum atomic E-state index is -5.62. The maximum Gasteiger partial charge on any atom is 0.534 e. The lowest BCUT2D eigenvalue weighted by Crippen LogP contribution is -2.25. The van der Waals surface area contributed by atoms with Gasteiger partial charge in [-0.1, -0.05) is 5.92 Å². The molecule has 0 aliphatic heterocycles. The Balaban J connectivity index is 5.19. The summed E-state index contributed by atoms with van der Waals surface area (Å²) in [6.45, 7) is 4.14. The molecule has 0 heterocycles. The van der Waals surface area contributed by atoms with Crippen LogP contribution in [0.4, 0.5) is 13.2 Å². The summed E-state index contributed by atoms with van der Waals surface area (Å²) in [5.74, 6) is 3.89. The highest BCUT2D eigenvalue weighted by Crippen LogP contribution is 2.27. The molecule has 15 heavy (non-hydrogen) atoms. The lowest BCUT2D eigenvalue weighted by molar-refractivity contribution is -0.0519. The molecule has 0 radical (unpaired) electrons. The maximum atomic E-state index is 11.9. The average Bonchev–Trinajstić information content (AvgIpc) is 2.00. The molecule has 0 aromatic rings. The molecular formula is C8H9F3O3S. The molecule has 0 spiro atoms. The largest absolute Gasteiger partial charge is 0.534 e. The zero-order valence-electron chi connectivity index (χ0n) is 8.27. The van der Waals surface area contributed by atoms with E-state index in [1.165, 1.54) is 20.8 Å². The van der Waals surface area contributed by atoms with Crippen molar-refractivity contribution in [3.8, 4) is 11.8 Å². The molecule has 0 aromatic heterocycles. The molecule has 0 atom stereocenters. The summed E-state index contributed by atoms with van der Waals surface area (Å²) in [6, 6.07) is 0. The van der Waals surface area contributed by atoms with Crippen LogP contribution in [0.25, 0.3) is 0 Å². The molecule has 0 saturated heterocycles. The Morgan fingerprint density at radius 2 is 1.73 bits per heavy atom. The minimum absolute atomic E-state index is 0.247. The smallest absolute Gasteiger partial charge is 0.367 e. The van der Waals surface area contributed by atoms with Gasteiger partial charge in [0.15, 0.2) is 5.76 Å². The van der Waals surface area contributed by atoms with E-state index in [9.17, 15) is 21.6 Å². The first-order chi connectivity index (χ1) is 6.62. The van der Waals surface area contributed by atoms with Gasteiger partial charge in [-0.25, -0.2) is 0 Å². The van der Waals surface area contributed by atoms with E-state index in [0.29, 0.717) is 0 Å².